The Morgan fingerprint density at radius 1 is 1.44 bits per heavy atom. The van der Waals surface area contributed by atoms with Gasteiger partial charge in [-0.1, -0.05) is 12.1 Å². The predicted molar refractivity (Wildman–Crippen MR) is 62.7 cm³/mol. The van der Waals surface area contributed by atoms with Gasteiger partial charge in [0, 0.05) is 25.8 Å². The van der Waals surface area contributed by atoms with Crippen molar-refractivity contribution in [1.82, 2.24) is 0 Å². The third-order valence-corrected chi connectivity index (χ3v) is 2.09. The van der Waals surface area contributed by atoms with Crippen molar-refractivity contribution in [2.75, 3.05) is 25.1 Å². The van der Waals surface area contributed by atoms with Crippen molar-refractivity contribution in [3.8, 4) is 0 Å². The molecule has 1 N–H and O–H groups in total. The Bertz CT molecular complexity index is 342. The zero-order valence-electron chi connectivity index (χ0n) is 9.31. The summed E-state index contributed by atoms with van der Waals surface area (Å²) < 4.78 is 5.18. The van der Waals surface area contributed by atoms with Gasteiger partial charge < -0.3 is 10.1 Å². The highest BCUT2D eigenvalue weighted by atomic mass is 16.6. The summed E-state index contributed by atoms with van der Waals surface area (Å²) >= 11 is 0. The fourth-order valence-corrected chi connectivity index (χ4v) is 1.32. The van der Waals surface area contributed by atoms with E-state index in [0.717, 1.165) is 6.42 Å². The second-order valence-electron chi connectivity index (χ2n) is 3.25. The van der Waals surface area contributed by atoms with E-state index in [-0.39, 0.29) is 10.6 Å². The van der Waals surface area contributed by atoms with Gasteiger partial charge in [0.2, 0.25) is 0 Å². The largest absolute Gasteiger partial charge is 0.382 e. The molecule has 0 unspecified atom stereocenters. The minimum atomic E-state index is -0.384. The first kappa shape index (κ1) is 12.4. The van der Waals surface area contributed by atoms with Gasteiger partial charge in [-0.15, -0.1) is 0 Å². The molecular formula is C11H16N2O3. The molecule has 0 atom stereocenters. The number of nitro groups is 1. The number of rotatable bonds is 7. The average molecular weight is 224 g/mol. The van der Waals surface area contributed by atoms with Crippen LogP contribution < -0.4 is 5.32 Å². The highest BCUT2D eigenvalue weighted by molar-refractivity contribution is 5.60. The van der Waals surface area contributed by atoms with E-state index in [1.54, 1.807) is 18.2 Å². The van der Waals surface area contributed by atoms with E-state index in [9.17, 15) is 10.1 Å². The number of hydrogen-bond acceptors (Lipinski definition) is 4. The lowest BCUT2D eigenvalue weighted by Gasteiger charge is -2.06. The number of nitrogens with zero attached hydrogens (tertiary/aromatic N) is 1. The molecule has 1 aromatic carbocycles. The monoisotopic (exact) mass is 224 g/mol. The summed E-state index contributed by atoms with van der Waals surface area (Å²) in [7, 11) is 0. The Labute approximate surface area is 94.6 Å². The number of nitrogens with one attached hydrogen (secondary N) is 1. The topological polar surface area (TPSA) is 64.4 Å². The first-order valence-electron chi connectivity index (χ1n) is 5.30. The molecule has 0 spiro atoms. The Kier molecular flexibility index (Phi) is 5.28. The minimum absolute atomic E-state index is 0.110. The van der Waals surface area contributed by atoms with Crippen molar-refractivity contribution in [2.24, 2.45) is 0 Å². The lowest BCUT2D eigenvalue weighted by molar-refractivity contribution is -0.384. The zero-order valence-corrected chi connectivity index (χ0v) is 9.31. The molecule has 5 nitrogen and oxygen atoms in total. The van der Waals surface area contributed by atoms with Crippen LogP contribution in [0.3, 0.4) is 0 Å². The van der Waals surface area contributed by atoms with Gasteiger partial charge >= 0.3 is 0 Å². The fourth-order valence-electron chi connectivity index (χ4n) is 1.32. The molecule has 0 heterocycles. The summed E-state index contributed by atoms with van der Waals surface area (Å²) in [5.41, 5.74) is 0.669. The van der Waals surface area contributed by atoms with Crippen LogP contribution in [0.15, 0.2) is 24.3 Å². The number of anilines is 1. The smallest absolute Gasteiger partial charge is 0.292 e. The Morgan fingerprint density at radius 2 is 2.19 bits per heavy atom. The van der Waals surface area contributed by atoms with Crippen LogP contribution in [0.4, 0.5) is 11.4 Å². The summed E-state index contributed by atoms with van der Waals surface area (Å²) in [6, 6.07) is 6.63. The fraction of sp³-hybridized carbons (Fsp3) is 0.455. The van der Waals surface area contributed by atoms with Crippen molar-refractivity contribution in [2.45, 2.75) is 13.3 Å². The third kappa shape index (κ3) is 3.86. The summed E-state index contributed by atoms with van der Waals surface area (Å²) in [6.07, 6.45) is 0.833. The average Bonchev–Trinajstić information content (AvgIpc) is 2.29. The maximum atomic E-state index is 10.7. The second kappa shape index (κ2) is 6.79. The van der Waals surface area contributed by atoms with E-state index >= 15 is 0 Å². The Morgan fingerprint density at radius 3 is 2.88 bits per heavy atom. The van der Waals surface area contributed by atoms with E-state index in [1.165, 1.54) is 6.07 Å². The Balaban J connectivity index is 2.44. The lowest BCUT2D eigenvalue weighted by Crippen LogP contribution is -2.07. The van der Waals surface area contributed by atoms with Crippen molar-refractivity contribution < 1.29 is 9.66 Å². The van der Waals surface area contributed by atoms with Gasteiger partial charge in [0.05, 0.1) is 4.92 Å². The van der Waals surface area contributed by atoms with Gasteiger partial charge in [-0.25, -0.2) is 0 Å². The summed E-state index contributed by atoms with van der Waals surface area (Å²) in [5.74, 6) is 0. The van der Waals surface area contributed by atoms with Crippen LogP contribution in [-0.2, 0) is 4.74 Å². The van der Waals surface area contributed by atoms with Gasteiger partial charge in [0.1, 0.15) is 5.69 Å². The van der Waals surface area contributed by atoms with E-state index in [1.807, 2.05) is 6.92 Å². The number of para-hydroxylation sites is 2. The Hall–Kier alpha value is -1.62. The summed E-state index contributed by atoms with van der Waals surface area (Å²) in [6.45, 7) is 3.98. The molecular weight excluding hydrogens is 208 g/mol. The van der Waals surface area contributed by atoms with Crippen molar-refractivity contribution in [3.05, 3.63) is 34.4 Å². The normalized spacial score (nSPS) is 10.1. The van der Waals surface area contributed by atoms with Crippen LogP contribution in [0.25, 0.3) is 0 Å². The summed E-state index contributed by atoms with van der Waals surface area (Å²) in [5, 5.41) is 13.7. The van der Waals surface area contributed by atoms with Crippen LogP contribution in [0.5, 0.6) is 0 Å². The van der Waals surface area contributed by atoms with E-state index in [4.69, 9.17) is 4.74 Å². The predicted octanol–water partition coefficient (Wildman–Crippen LogP) is 2.43. The molecule has 0 saturated carbocycles. The quantitative estimate of drug-likeness (QED) is 0.439. The van der Waals surface area contributed by atoms with E-state index in [2.05, 4.69) is 5.32 Å². The van der Waals surface area contributed by atoms with Crippen molar-refractivity contribution in [1.29, 1.82) is 0 Å². The van der Waals surface area contributed by atoms with Crippen LogP contribution in [0.2, 0.25) is 0 Å². The molecule has 88 valence electrons. The molecule has 1 rings (SSSR count). The molecule has 0 aromatic heterocycles. The summed E-state index contributed by atoms with van der Waals surface area (Å²) in [4.78, 5) is 10.3. The first-order chi connectivity index (χ1) is 7.75. The van der Waals surface area contributed by atoms with E-state index in [0.29, 0.717) is 25.4 Å². The van der Waals surface area contributed by atoms with Crippen LogP contribution >= 0.6 is 0 Å². The second-order valence-corrected chi connectivity index (χ2v) is 3.25. The molecule has 0 aliphatic carbocycles. The molecule has 5 heteroatoms. The highest BCUT2D eigenvalue weighted by Crippen LogP contribution is 2.22. The minimum Gasteiger partial charge on any atom is -0.382 e. The molecule has 1 aromatic rings. The first-order valence-corrected chi connectivity index (χ1v) is 5.30. The van der Waals surface area contributed by atoms with Gasteiger partial charge in [0.15, 0.2) is 0 Å². The van der Waals surface area contributed by atoms with Crippen LogP contribution in [0, 0.1) is 10.1 Å². The molecule has 0 bridgehead atoms. The molecule has 0 fully saturated rings. The van der Waals surface area contributed by atoms with Crippen molar-refractivity contribution >= 4 is 11.4 Å². The van der Waals surface area contributed by atoms with Crippen LogP contribution in [0.1, 0.15) is 13.3 Å². The van der Waals surface area contributed by atoms with Gasteiger partial charge in [-0.3, -0.25) is 10.1 Å². The van der Waals surface area contributed by atoms with Gasteiger partial charge in [-0.2, -0.15) is 0 Å². The highest BCUT2D eigenvalue weighted by Gasteiger charge is 2.10. The number of benzene rings is 1. The zero-order chi connectivity index (χ0) is 11.8. The number of nitro benzene ring substituents is 1. The number of hydrogen-bond donors (Lipinski definition) is 1. The standard InChI is InChI=1S/C11H16N2O3/c1-2-16-9-5-8-12-10-6-3-4-7-11(10)13(14)15/h3-4,6-7,12H,2,5,8-9H2,1H3. The molecule has 0 aliphatic rings. The molecule has 16 heavy (non-hydrogen) atoms. The maximum Gasteiger partial charge on any atom is 0.292 e. The van der Waals surface area contributed by atoms with Crippen LogP contribution in [-0.4, -0.2) is 24.7 Å². The number of ether oxygens (including phenoxy) is 1. The molecule has 0 saturated heterocycles. The molecule has 0 aliphatic heterocycles. The lowest BCUT2D eigenvalue weighted by atomic mass is 10.2. The van der Waals surface area contributed by atoms with Gasteiger partial charge in [0.25, 0.3) is 5.69 Å². The van der Waals surface area contributed by atoms with Gasteiger partial charge in [-0.05, 0) is 19.4 Å². The molecule has 0 radical (unpaired) electrons. The SMILES string of the molecule is CCOCCCNc1ccccc1[N+](=O)[O-]. The van der Waals surface area contributed by atoms with Crippen molar-refractivity contribution in [3.63, 3.8) is 0 Å². The van der Waals surface area contributed by atoms with E-state index < -0.39 is 0 Å². The third-order valence-electron chi connectivity index (χ3n) is 2.09. The maximum absolute atomic E-state index is 10.7. The molecule has 0 amide bonds.